The summed E-state index contributed by atoms with van der Waals surface area (Å²) in [4.78, 5) is 0. The van der Waals surface area contributed by atoms with Crippen LogP contribution in [0.1, 0.15) is 103 Å². The molecule has 0 aromatic heterocycles. The summed E-state index contributed by atoms with van der Waals surface area (Å²) in [5.41, 5.74) is 0. The fraction of sp³-hybridized carbons (Fsp3) is 1.00. The quantitative estimate of drug-likeness (QED) is 0.171. The largest absolute Gasteiger partial charge is 0.328 e. The van der Waals surface area contributed by atoms with E-state index in [1.807, 2.05) is 0 Å². The molecule has 0 bridgehead atoms. The third-order valence-electron chi connectivity index (χ3n) is 5.28. The van der Waals surface area contributed by atoms with E-state index in [2.05, 4.69) is 21.0 Å². The molecule has 0 unspecified atom stereocenters. The molecule has 0 heterocycles. The first-order chi connectivity index (χ1) is 12.3. The van der Waals surface area contributed by atoms with E-state index in [1.165, 1.54) is 83.6 Å². The van der Waals surface area contributed by atoms with Crippen LogP contribution in [-0.4, -0.2) is 50.4 Å². The van der Waals surface area contributed by atoms with E-state index in [9.17, 15) is 8.42 Å². The zero-order valence-corrected chi connectivity index (χ0v) is 18.7. The molecule has 4 nitrogen and oxygen atoms in total. The molecule has 0 radical (unpaired) electrons. The van der Waals surface area contributed by atoms with Crippen molar-refractivity contribution in [3.63, 3.8) is 0 Å². The standard InChI is InChI=1S/C21H45NO3S/c1-4-5-6-7-8-9-10-11-12-13-14-16-19-22(2,3)20-17-15-18-21-26(23,24)25/h4-21H2,1-3H3/p+1. The van der Waals surface area contributed by atoms with Crippen molar-refractivity contribution in [2.24, 2.45) is 0 Å². The van der Waals surface area contributed by atoms with Gasteiger partial charge in [0.2, 0.25) is 0 Å². The van der Waals surface area contributed by atoms with Crippen LogP contribution in [0.2, 0.25) is 0 Å². The third-order valence-corrected chi connectivity index (χ3v) is 6.09. The topological polar surface area (TPSA) is 54.4 Å². The first kappa shape index (κ1) is 25.9. The lowest BCUT2D eigenvalue weighted by atomic mass is 10.1. The molecule has 0 spiro atoms. The van der Waals surface area contributed by atoms with Crippen LogP contribution in [0.4, 0.5) is 0 Å². The van der Waals surface area contributed by atoms with Gasteiger partial charge in [0.1, 0.15) is 0 Å². The van der Waals surface area contributed by atoms with Crippen LogP contribution in [0.5, 0.6) is 0 Å². The molecule has 1 N–H and O–H groups in total. The van der Waals surface area contributed by atoms with Crippen molar-refractivity contribution in [1.82, 2.24) is 0 Å². The van der Waals surface area contributed by atoms with E-state index >= 15 is 0 Å². The molecule has 158 valence electrons. The summed E-state index contributed by atoms with van der Waals surface area (Å²) < 4.78 is 31.1. The van der Waals surface area contributed by atoms with Crippen LogP contribution in [0.3, 0.4) is 0 Å². The summed E-state index contributed by atoms with van der Waals surface area (Å²) >= 11 is 0. The number of quaternary nitrogens is 1. The smallest absolute Gasteiger partial charge is 0.264 e. The lowest BCUT2D eigenvalue weighted by molar-refractivity contribution is -0.890. The zero-order valence-electron chi connectivity index (χ0n) is 17.8. The van der Waals surface area contributed by atoms with Crippen molar-refractivity contribution in [1.29, 1.82) is 0 Å². The predicted octanol–water partition coefficient (Wildman–Crippen LogP) is 5.82. The minimum absolute atomic E-state index is 0.0980. The third kappa shape index (κ3) is 20.2. The van der Waals surface area contributed by atoms with Crippen LogP contribution in [0, 0.1) is 0 Å². The first-order valence-electron chi connectivity index (χ1n) is 11.0. The van der Waals surface area contributed by atoms with Crippen molar-refractivity contribution in [2.45, 2.75) is 103 Å². The Morgan fingerprint density at radius 1 is 0.615 bits per heavy atom. The van der Waals surface area contributed by atoms with Gasteiger partial charge in [0.15, 0.2) is 0 Å². The van der Waals surface area contributed by atoms with Gasteiger partial charge in [-0.25, -0.2) is 0 Å². The van der Waals surface area contributed by atoms with Crippen LogP contribution in [0.15, 0.2) is 0 Å². The highest BCUT2D eigenvalue weighted by molar-refractivity contribution is 7.85. The Morgan fingerprint density at radius 3 is 1.35 bits per heavy atom. The van der Waals surface area contributed by atoms with Crippen LogP contribution < -0.4 is 0 Å². The summed E-state index contributed by atoms with van der Waals surface area (Å²) in [6.07, 6.45) is 19.1. The molecular weight excluding hydrogens is 346 g/mol. The fourth-order valence-corrected chi connectivity index (χ4v) is 4.06. The second kappa shape index (κ2) is 15.9. The van der Waals surface area contributed by atoms with E-state index < -0.39 is 10.1 Å². The molecule has 0 fully saturated rings. The van der Waals surface area contributed by atoms with Gasteiger partial charge in [-0.05, 0) is 32.1 Å². The van der Waals surface area contributed by atoms with Gasteiger partial charge in [0.25, 0.3) is 10.1 Å². The van der Waals surface area contributed by atoms with E-state index in [0.717, 1.165) is 23.9 Å². The molecule has 0 aromatic carbocycles. The summed E-state index contributed by atoms with van der Waals surface area (Å²) in [5, 5.41) is 0. The SMILES string of the molecule is CCCCCCCCCCCCCC[N+](C)(C)CCCCCS(=O)(=O)O. The molecule has 0 atom stereocenters. The molecule has 0 rings (SSSR count). The normalized spacial score (nSPS) is 12.6. The van der Waals surface area contributed by atoms with Crippen molar-refractivity contribution in [2.75, 3.05) is 32.9 Å². The van der Waals surface area contributed by atoms with Gasteiger partial charge in [-0.3, -0.25) is 4.55 Å². The second-order valence-electron chi connectivity index (χ2n) is 8.62. The molecule has 0 aliphatic carbocycles. The molecule has 5 heteroatoms. The summed E-state index contributed by atoms with van der Waals surface area (Å²) in [7, 11) is 0.751. The second-order valence-corrected chi connectivity index (χ2v) is 10.2. The highest BCUT2D eigenvalue weighted by atomic mass is 32.2. The van der Waals surface area contributed by atoms with Crippen LogP contribution >= 0.6 is 0 Å². The van der Waals surface area contributed by atoms with Gasteiger partial charge >= 0.3 is 0 Å². The van der Waals surface area contributed by atoms with E-state index in [1.54, 1.807) is 0 Å². The Balaban J connectivity index is 3.39. The van der Waals surface area contributed by atoms with Crippen molar-refractivity contribution >= 4 is 10.1 Å². The van der Waals surface area contributed by atoms with E-state index in [0.29, 0.717) is 6.42 Å². The Morgan fingerprint density at radius 2 is 0.962 bits per heavy atom. The minimum Gasteiger partial charge on any atom is -0.328 e. The molecule has 26 heavy (non-hydrogen) atoms. The van der Waals surface area contributed by atoms with Crippen LogP contribution in [0.25, 0.3) is 0 Å². The maximum atomic E-state index is 10.7. The monoisotopic (exact) mass is 392 g/mol. The number of unbranched alkanes of at least 4 members (excludes halogenated alkanes) is 13. The Hall–Kier alpha value is -0.130. The predicted molar refractivity (Wildman–Crippen MR) is 113 cm³/mol. The Labute approximate surface area is 164 Å². The van der Waals surface area contributed by atoms with Gasteiger partial charge in [0, 0.05) is 0 Å². The number of rotatable bonds is 19. The van der Waals surface area contributed by atoms with Crippen LogP contribution in [-0.2, 0) is 10.1 Å². The highest BCUT2D eigenvalue weighted by Crippen LogP contribution is 2.13. The van der Waals surface area contributed by atoms with Gasteiger partial charge < -0.3 is 4.48 Å². The van der Waals surface area contributed by atoms with Gasteiger partial charge in [0.05, 0.1) is 32.9 Å². The summed E-state index contributed by atoms with van der Waals surface area (Å²) in [5.74, 6) is -0.0980. The zero-order chi connectivity index (χ0) is 19.7. The first-order valence-corrected chi connectivity index (χ1v) is 12.6. The molecule has 0 aliphatic rings. The number of hydrogen-bond acceptors (Lipinski definition) is 2. The molecule has 0 aromatic rings. The van der Waals surface area contributed by atoms with Crippen molar-refractivity contribution in [3.05, 3.63) is 0 Å². The minimum atomic E-state index is -3.78. The fourth-order valence-electron chi connectivity index (χ4n) is 3.49. The van der Waals surface area contributed by atoms with Gasteiger partial charge in [-0.2, -0.15) is 8.42 Å². The lowest BCUT2D eigenvalue weighted by Gasteiger charge is -2.30. The maximum absolute atomic E-state index is 10.7. The van der Waals surface area contributed by atoms with E-state index in [-0.39, 0.29) is 5.75 Å². The molecule has 0 saturated carbocycles. The van der Waals surface area contributed by atoms with E-state index in [4.69, 9.17) is 4.55 Å². The maximum Gasteiger partial charge on any atom is 0.264 e. The van der Waals surface area contributed by atoms with Gasteiger partial charge in [-0.15, -0.1) is 0 Å². The van der Waals surface area contributed by atoms with Crippen molar-refractivity contribution < 1.29 is 17.5 Å². The molecular formula is C21H46NO3S+. The van der Waals surface area contributed by atoms with Gasteiger partial charge in [-0.1, -0.05) is 71.1 Å². The average molecular weight is 393 g/mol. The number of hydrogen-bond donors (Lipinski definition) is 1. The molecule has 0 aliphatic heterocycles. The highest BCUT2D eigenvalue weighted by Gasteiger charge is 2.14. The summed E-state index contributed by atoms with van der Waals surface area (Å²) in [6, 6.07) is 0. The Bertz CT molecular complexity index is 407. The molecule has 0 saturated heterocycles. The molecule has 0 amide bonds. The average Bonchev–Trinajstić information content (AvgIpc) is 2.54. The Kier molecular flexibility index (Phi) is 15.8. The lowest BCUT2D eigenvalue weighted by Crippen LogP contribution is -2.41. The van der Waals surface area contributed by atoms with Crippen molar-refractivity contribution in [3.8, 4) is 0 Å². The number of nitrogens with zero attached hydrogens (tertiary/aromatic N) is 1. The summed E-state index contributed by atoms with van der Waals surface area (Å²) in [6.45, 7) is 4.56.